The maximum atomic E-state index is 12.6. The molecule has 2 aromatic carbocycles. The van der Waals surface area contributed by atoms with Crippen LogP contribution in [-0.2, 0) is 11.2 Å². The summed E-state index contributed by atoms with van der Waals surface area (Å²) in [5.74, 6) is -0.0120. The lowest BCUT2D eigenvalue weighted by atomic mass is 10.1. The molecule has 1 heterocycles. The molecule has 1 atom stereocenters. The zero-order chi connectivity index (χ0) is 15.7. The Morgan fingerprint density at radius 2 is 2.05 bits per heavy atom. The second-order valence-electron chi connectivity index (χ2n) is 5.70. The number of benzene rings is 2. The molecule has 1 aliphatic rings. The van der Waals surface area contributed by atoms with Crippen LogP contribution in [0.15, 0.2) is 42.5 Å². The minimum atomic E-state index is -0.220. The number of amides is 1. The summed E-state index contributed by atoms with van der Waals surface area (Å²) >= 11 is 6.01. The highest BCUT2D eigenvalue weighted by molar-refractivity contribution is 6.31. The number of fused-ring (bicyclic) bond motifs is 1. The third-order valence-electron chi connectivity index (χ3n) is 4.23. The van der Waals surface area contributed by atoms with Crippen LogP contribution in [0.1, 0.15) is 18.1 Å². The fourth-order valence-corrected chi connectivity index (χ4v) is 3.05. The van der Waals surface area contributed by atoms with Crippen molar-refractivity contribution in [2.75, 3.05) is 16.8 Å². The number of halogens is 1. The predicted octanol–water partition coefficient (Wildman–Crippen LogP) is 4.04. The van der Waals surface area contributed by atoms with Crippen LogP contribution in [-0.4, -0.2) is 18.5 Å². The Bertz CT molecular complexity index is 714. The maximum Gasteiger partial charge on any atom is 0.246 e. The van der Waals surface area contributed by atoms with E-state index in [-0.39, 0.29) is 11.9 Å². The summed E-state index contributed by atoms with van der Waals surface area (Å²) in [6.45, 7) is 4.78. The van der Waals surface area contributed by atoms with Crippen molar-refractivity contribution in [1.82, 2.24) is 0 Å². The molecule has 1 amide bonds. The van der Waals surface area contributed by atoms with Gasteiger partial charge in [-0.1, -0.05) is 35.9 Å². The zero-order valence-corrected chi connectivity index (χ0v) is 13.5. The molecule has 0 saturated carbocycles. The number of aryl methyl sites for hydroxylation is 1. The Kier molecular flexibility index (Phi) is 4.08. The molecule has 0 spiro atoms. The second kappa shape index (κ2) is 6.01. The van der Waals surface area contributed by atoms with Gasteiger partial charge in [0, 0.05) is 22.9 Å². The fraction of sp³-hybridized carbons (Fsp3) is 0.278. The molecule has 22 heavy (non-hydrogen) atoms. The Labute approximate surface area is 135 Å². The highest BCUT2D eigenvalue weighted by Gasteiger charge is 2.27. The van der Waals surface area contributed by atoms with Crippen molar-refractivity contribution in [2.45, 2.75) is 26.3 Å². The Morgan fingerprint density at radius 1 is 1.27 bits per heavy atom. The molecule has 0 aliphatic carbocycles. The number of hydrogen-bond acceptors (Lipinski definition) is 2. The summed E-state index contributed by atoms with van der Waals surface area (Å²) in [4.78, 5) is 14.7. The minimum Gasteiger partial charge on any atom is -0.359 e. The van der Waals surface area contributed by atoms with Crippen molar-refractivity contribution in [3.63, 3.8) is 0 Å². The van der Waals surface area contributed by atoms with E-state index in [4.69, 9.17) is 11.6 Å². The van der Waals surface area contributed by atoms with Gasteiger partial charge < -0.3 is 10.2 Å². The number of hydrogen-bond donors (Lipinski definition) is 1. The summed E-state index contributed by atoms with van der Waals surface area (Å²) in [5, 5.41) is 3.62. The van der Waals surface area contributed by atoms with Gasteiger partial charge in [0.15, 0.2) is 0 Å². The normalized spacial score (nSPS) is 14.6. The van der Waals surface area contributed by atoms with Gasteiger partial charge in [0.05, 0.1) is 0 Å². The molecular weight excluding hydrogens is 296 g/mol. The van der Waals surface area contributed by atoms with Crippen LogP contribution in [0, 0.1) is 6.92 Å². The molecule has 3 nitrogen and oxygen atoms in total. The van der Waals surface area contributed by atoms with Gasteiger partial charge in [-0.3, -0.25) is 4.79 Å². The van der Waals surface area contributed by atoms with Crippen molar-refractivity contribution in [1.29, 1.82) is 0 Å². The van der Waals surface area contributed by atoms with E-state index in [9.17, 15) is 4.79 Å². The summed E-state index contributed by atoms with van der Waals surface area (Å²) in [6, 6.07) is 13.6. The van der Waals surface area contributed by atoms with Crippen LogP contribution in [0.3, 0.4) is 0 Å². The van der Waals surface area contributed by atoms with Gasteiger partial charge in [0.25, 0.3) is 0 Å². The molecule has 0 saturated heterocycles. The van der Waals surface area contributed by atoms with Crippen molar-refractivity contribution < 1.29 is 4.79 Å². The first kappa shape index (κ1) is 14.9. The minimum absolute atomic E-state index is 0.0120. The van der Waals surface area contributed by atoms with E-state index in [0.29, 0.717) is 5.02 Å². The van der Waals surface area contributed by atoms with E-state index >= 15 is 0 Å². The zero-order valence-electron chi connectivity index (χ0n) is 12.8. The maximum absolute atomic E-state index is 12.6. The molecule has 0 fully saturated rings. The van der Waals surface area contributed by atoms with E-state index in [2.05, 4.69) is 22.3 Å². The number of nitrogens with one attached hydrogen (secondary N) is 1. The number of para-hydroxylation sites is 1. The Balaban J connectivity index is 1.77. The largest absolute Gasteiger partial charge is 0.359 e. The van der Waals surface area contributed by atoms with Gasteiger partial charge in [0.2, 0.25) is 5.91 Å². The lowest BCUT2D eigenvalue weighted by Crippen LogP contribution is -2.41. The molecule has 1 aliphatic heterocycles. The third kappa shape index (κ3) is 2.81. The first-order valence-corrected chi connectivity index (χ1v) is 7.85. The molecule has 114 valence electrons. The van der Waals surface area contributed by atoms with E-state index in [0.717, 1.165) is 29.9 Å². The van der Waals surface area contributed by atoms with Gasteiger partial charge in [-0.25, -0.2) is 0 Å². The average Bonchev–Trinajstić information content (AvgIpc) is 2.94. The van der Waals surface area contributed by atoms with E-state index in [1.54, 1.807) is 6.07 Å². The van der Waals surface area contributed by atoms with Crippen molar-refractivity contribution >= 4 is 28.9 Å². The SMILES string of the molecule is Cc1ccc(Cl)cc1NC(=O)[C@@H](C)N1CCc2ccccc21. The molecular formula is C18H19ClN2O. The standard InChI is InChI=1S/C18H19ClN2O/c1-12-7-8-15(19)11-16(12)20-18(22)13(2)21-10-9-14-5-3-4-6-17(14)21/h3-8,11,13H,9-10H2,1-2H3,(H,20,22)/t13-/m1/s1. The lowest BCUT2D eigenvalue weighted by Gasteiger charge is -2.26. The number of carbonyl (C=O) groups is 1. The third-order valence-corrected chi connectivity index (χ3v) is 4.46. The average molecular weight is 315 g/mol. The molecule has 0 bridgehead atoms. The van der Waals surface area contributed by atoms with Crippen molar-refractivity contribution in [3.8, 4) is 0 Å². The van der Waals surface area contributed by atoms with Crippen LogP contribution in [0.2, 0.25) is 5.02 Å². The number of anilines is 2. The topological polar surface area (TPSA) is 32.3 Å². The van der Waals surface area contributed by atoms with Gasteiger partial charge in [-0.2, -0.15) is 0 Å². The highest BCUT2D eigenvalue weighted by atomic mass is 35.5. The number of carbonyl (C=O) groups excluding carboxylic acids is 1. The van der Waals surface area contributed by atoms with Gasteiger partial charge in [-0.15, -0.1) is 0 Å². The van der Waals surface area contributed by atoms with Crippen molar-refractivity contribution in [3.05, 3.63) is 58.6 Å². The van der Waals surface area contributed by atoms with E-state index in [1.165, 1.54) is 5.56 Å². The molecule has 1 N–H and O–H groups in total. The van der Waals surface area contributed by atoms with Crippen LogP contribution in [0.25, 0.3) is 0 Å². The number of rotatable bonds is 3. The smallest absolute Gasteiger partial charge is 0.246 e. The summed E-state index contributed by atoms with van der Waals surface area (Å²) in [6.07, 6.45) is 0.990. The first-order chi connectivity index (χ1) is 10.6. The molecule has 4 heteroatoms. The highest BCUT2D eigenvalue weighted by Crippen LogP contribution is 2.29. The fourth-order valence-electron chi connectivity index (χ4n) is 2.87. The molecule has 0 radical (unpaired) electrons. The van der Waals surface area contributed by atoms with E-state index in [1.807, 2.05) is 38.1 Å². The molecule has 0 aromatic heterocycles. The van der Waals surface area contributed by atoms with Gasteiger partial charge >= 0.3 is 0 Å². The van der Waals surface area contributed by atoms with Crippen LogP contribution in [0.4, 0.5) is 11.4 Å². The van der Waals surface area contributed by atoms with Crippen LogP contribution >= 0.6 is 11.6 Å². The quantitative estimate of drug-likeness (QED) is 0.927. The lowest BCUT2D eigenvalue weighted by molar-refractivity contribution is -0.117. The summed E-state index contributed by atoms with van der Waals surface area (Å²) < 4.78 is 0. The first-order valence-electron chi connectivity index (χ1n) is 7.48. The monoisotopic (exact) mass is 314 g/mol. The van der Waals surface area contributed by atoms with Crippen molar-refractivity contribution in [2.24, 2.45) is 0 Å². The Morgan fingerprint density at radius 3 is 2.86 bits per heavy atom. The number of nitrogens with zero attached hydrogens (tertiary/aromatic N) is 1. The van der Waals surface area contributed by atoms with Gasteiger partial charge in [0.1, 0.15) is 6.04 Å². The van der Waals surface area contributed by atoms with Crippen LogP contribution in [0.5, 0.6) is 0 Å². The Hall–Kier alpha value is -2.00. The van der Waals surface area contributed by atoms with E-state index < -0.39 is 0 Å². The molecule has 3 rings (SSSR count). The van der Waals surface area contributed by atoms with Crippen LogP contribution < -0.4 is 10.2 Å². The summed E-state index contributed by atoms with van der Waals surface area (Å²) in [7, 11) is 0. The second-order valence-corrected chi connectivity index (χ2v) is 6.13. The molecule has 0 unspecified atom stereocenters. The molecule has 2 aromatic rings. The van der Waals surface area contributed by atoms with Gasteiger partial charge in [-0.05, 0) is 49.6 Å². The summed E-state index contributed by atoms with van der Waals surface area (Å²) in [5.41, 5.74) is 4.25. The predicted molar refractivity (Wildman–Crippen MR) is 91.8 cm³/mol.